The molecule has 0 heterocycles. The summed E-state index contributed by atoms with van der Waals surface area (Å²) in [6, 6.07) is 36.4. The van der Waals surface area contributed by atoms with Crippen molar-refractivity contribution in [1.29, 1.82) is 0 Å². The van der Waals surface area contributed by atoms with E-state index in [2.05, 4.69) is 125 Å². The zero-order chi connectivity index (χ0) is 20.4. The molecular formula is C28H28BLi. The van der Waals surface area contributed by atoms with Crippen molar-refractivity contribution in [2.24, 2.45) is 0 Å². The summed E-state index contributed by atoms with van der Waals surface area (Å²) in [5.74, 6) is 0. The van der Waals surface area contributed by atoms with Crippen LogP contribution in [0.3, 0.4) is 0 Å². The van der Waals surface area contributed by atoms with Gasteiger partial charge >= 0.3 is 18.9 Å². The first kappa shape index (κ1) is 22.2. The van der Waals surface area contributed by atoms with Crippen LogP contribution in [0.5, 0.6) is 0 Å². The minimum atomic E-state index is -1.27. The number of hydrogen-bond donors (Lipinski definition) is 0. The zero-order valence-electron chi connectivity index (χ0n) is 18.8. The molecule has 4 rings (SSSR count). The van der Waals surface area contributed by atoms with Gasteiger partial charge in [-0.3, -0.25) is 0 Å². The maximum absolute atomic E-state index is 2.31. The van der Waals surface area contributed by atoms with E-state index < -0.39 is 6.15 Å². The Morgan fingerprint density at radius 1 is 0.333 bits per heavy atom. The molecule has 0 bridgehead atoms. The van der Waals surface area contributed by atoms with Gasteiger partial charge in [0.15, 0.2) is 0 Å². The Bertz CT molecular complexity index is 906. The van der Waals surface area contributed by atoms with Gasteiger partial charge in [-0.05, 0) is 27.7 Å². The van der Waals surface area contributed by atoms with Gasteiger partial charge < -0.3 is 0 Å². The van der Waals surface area contributed by atoms with Gasteiger partial charge in [0.05, 0.1) is 0 Å². The average Bonchev–Trinajstić information content (AvgIpc) is 2.73. The summed E-state index contributed by atoms with van der Waals surface area (Å²) in [5.41, 5.74) is 10.6. The SMILES string of the molecule is Cc1ccc([B-](c2ccc(C)cc2)(c2ccc(C)cc2)c2ccc(C)cc2)cc1.[Li+]. The molecule has 30 heavy (non-hydrogen) atoms. The molecule has 4 aromatic carbocycles. The van der Waals surface area contributed by atoms with Crippen molar-refractivity contribution in [3.8, 4) is 0 Å². The molecule has 0 fully saturated rings. The third-order valence-corrected chi connectivity index (χ3v) is 6.31. The Morgan fingerprint density at radius 2 is 0.500 bits per heavy atom. The number of hydrogen-bond acceptors (Lipinski definition) is 0. The maximum Gasteiger partial charge on any atom is 1.00 e. The van der Waals surface area contributed by atoms with Gasteiger partial charge in [-0.2, -0.15) is 21.9 Å². The van der Waals surface area contributed by atoms with E-state index in [4.69, 9.17) is 0 Å². The summed E-state index contributed by atoms with van der Waals surface area (Å²) in [4.78, 5) is 0. The molecule has 0 radical (unpaired) electrons. The van der Waals surface area contributed by atoms with E-state index in [0.717, 1.165) is 0 Å². The Balaban J connectivity index is 0.00000256. The monoisotopic (exact) mass is 382 g/mol. The minimum Gasteiger partial charge on any atom is -0.195 e. The molecule has 0 aliphatic rings. The van der Waals surface area contributed by atoms with Gasteiger partial charge in [-0.15, -0.1) is 0 Å². The molecule has 0 spiro atoms. The average molecular weight is 382 g/mol. The molecule has 0 N–H and O–H groups in total. The quantitative estimate of drug-likeness (QED) is 0.467. The molecule has 0 aliphatic heterocycles. The van der Waals surface area contributed by atoms with Crippen LogP contribution in [0.4, 0.5) is 0 Å². The van der Waals surface area contributed by atoms with Crippen LogP contribution in [-0.2, 0) is 0 Å². The molecule has 0 unspecified atom stereocenters. The second-order valence-corrected chi connectivity index (χ2v) is 8.51. The second kappa shape index (κ2) is 9.13. The molecule has 4 aromatic rings. The normalized spacial score (nSPS) is 11.1. The van der Waals surface area contributed by atoms with E-state index in [0.29, 0.717) is 0 Å². The molecule has 0 saturated carbocycles. The molecule has 0 saturated heterocycles. The Kier molecular flexibility index (Phi) is 6.77. The van der Waals surface area contributed by atoms with Crippen molar-refractivity contribution in [3.63, 3.8) is 0 Å². The minimum absolute atomic E-state index is 0. The number of aryl methyl sites for hydroxylation is 4. The van der Waals surface area contributed by atoms with Gasteiger partial charge in [0.2, 0.25) is 0 Å². The summed E-state index contributed by atoms with van der Waals surface area (Å²) in [5, 5.41) is 0. The summed E-state index contributed by atoms with van der Waals surface area (Å²) < 4.78 is 0. The van der Waals surface area contributed by atoms with Crippen LogP contribution in [0.15, 0.2) is 97.1 Å². The Labute approximate surface area is 193 Å². The van der Waals surface area contributed by atoms with Crippen LogP contribution in [0, 0.1) is 27.7 Å². The van der Waals surface area contributed by atoms with E-state index >= 15 is 0 Å². The van der Waals surface area contributed by atoms with E-state index in [1.807, 2.05) is 0 Å². The summed E-state index contributed by atoms with van der Waals surface area (Å²) in [6.07, 6.45) is -1.27. The molecular weight excluding hydrogens is 354 g/mol. The standard InChI is InChI=1S/C28H28B.Li/c1-21-5-13-25(14-6-21)29(26-15-7-22(2)8-16-26,27-17-9-23(3)10-18-27)28-19-11-24(4)12-20-28;/h5-20H,1-4H3;/q-1;+1. The van der Waals surface area contributed by atoms with E-state index in [-0.39, 0.29) is 18.9 Å². The summed E-state index contributed by atoms with van der Waals surface area (Å²) in [7, 11) is 0. The van der Waals surface area contributed by atoms with Crippen molar-refractivity contribution >= 4 is 28.0 Å². The molecule has 0 nitrogen and oxygen atoms in total. The van der Waals surface area contributed by atoms with Crippen molar-refractivity contribution in [2.45, 2.75) is 27.7 Å². The van der Waals surface area contributed by atoms with Crippen molar-refractivity contribution < 1.29 is 18.9 Å². The third kappa shape index (κ3) is 4.06. The predicted octanol–water partition coefficient (Wildman–Crippen LogP) is 1.30. The number of rotatable bonds is 4. The fourth-order valence-electron chi connectivity index (χ4n) is 4.58. The van der Waals surface area contributed by atoms with Crippen molar-refractivity contribution in [1.82, 2.24) is 0 Å². The van der Waals surface area contributed by atoms with Crippen LogP contribution in [0.2, 0.25) is 0 Å². The Morgan fingerprint density at radius 3 is 0.667 bits per heavy atom. The van der Waals surface area contributed by atoms with E-state index in [1.165, 1.54) is 44.1 Å². The summed E-state index contributed by atoms with van der Waals surface area (Å²) >= 11 is 0. The van der Waals surface area contributed by atoms with Gasteiger partial charge in [0.25, 0.3) is 0 Å². The fraction of sp³-hybridized carbons (Fsp3) is 0.143. The molecule has 0 aromatic heterocycles. The maximum atomic E-state index is 2.31. The summed E-state index contributed by atoms with van der Waals surface area (Å²) in [6.45, 7) is 8.62. The largest absolute Gasteiger partial charge is 1.00 e. The van der Waals surface area contributed by atoms with Crippen LogP contribution < -0.4 is 40.7 Å². The van der Waals surface area contributed by atoms with E-state index in [9.17, 15) is 0 Å². The van der Waals surface area contributed by atoms with E-state index in [1.54, 1.807) is 0 Å². The Hall–Kier alpha value is -2.46. The van der Waals surface area contributed by atoms with Crippen molar-refractivity contribution in [2.75, 3.05) is 0 Å². The van der Waals surface area contributed by atoms with Crippen LogP contribution in [0.1, 0.15) is 22.3 Å². The predicted molar refractivity (Wildman–Crippen MR) is 129 cm³/mol. The molecule has 0 amide bonds. The zero-order valence-corrected chi connectivity index (χ0v) is 18.8. The van der Waals surface area contributed by atoms with Gasteiger partial charge in [-0.1, -0.05) is 119 Å². The van der Waals surface area contributed by atoms with Gasteiger partial charge in [0.1, 0.15) is 6.15 Å². The van der Waals surface area contributed by atoms with Crippen LogP contribution in [-0.4, -0.2) is 6.15 Å². The van der Waals surface area contributed by atoms with Gasteiger partial charge in [-0.25, -0.2) is 0 Å². The molecule has 2 heteroatoms. The van der Waals surface area contributed by atoms with Crippen molar-refractivity contribution in [3.05, 3.63) is 119 Å². The first-order valence-electron chi connectivity index (χ1n) is 10.4. The van der Waals surface area contributed by atoms with Crippen LogP contribution >= 0.6 is 0 Å². The first-order valence-corrected chi connectivity index (χ1v) is 10.4. The first-order chi connectivity index (χ1) is 14.0. The molecule has 0 aliphatic carbocycles. The fourth-order valence-corrected chi connectivity index (χ4v) is 4.58. The van der Waals surface area contributed by atoms with Crippen LogP contribution in [0.25, 0.3) is 0 Å². The number of benzene rings is 4. The molecule has 144 valence electrons. The topological polar surface area (TPSA) is 0 Å². The molecule has 0 atom stereocenters. The van der Waals surface area contributed by atoms with Gasteiger partial charge in [0, 0.05) is 0 Å². The third-order valence-electron chi connectivity index (χ3n) is 6.31. The smallest absolute Gasteiger partial charge is 0.195 e. The second-order valence-electron chi connectivity index (χ2n) is 8.51.